The van der Waals surface area contributed by atoms with Crippen LogP contribution in [0.25, 0.3) is 0 Å². The SMILES string of the molecule is CC(C)C[C@@H](OC(=O)Cc1ccccc1)C(=O)N1CC2(CC2)C[C@H]1C(=O)N[C@@H](C[C@@H]1CCNC1=O)C(=O)COC(F)(F)F. The number of nitrogens with zero attached hydrogens (tertiary/aromatic N) is 1. The molecule has 3 aliphatic rings. The van der Waals surface area contributed by atoms with Crippen molar-refractivity contribution in [1.82, 2.24) is 15.5 Å². The minimum Gasteiger partial charge on any atom is -0.452 e. The monoisotopic (exact) mass is 609 g/mol. The second-order valence-corrected chi connectivity index (χ2v) is 12.2. The highest BCUT2D eigenvalue weighted by atomic mass is 19.4. The van der Waals surface area contributed by atoms with Gasteiger partial charge in [-0.25, -0.2) is 0 Å². The standard InChI is InChI=1S/C30H38F3N3O7/c1-18(2)12-24(43-25(38)13-19-6-4-3-5-7-19)28(41)36-17-29(9-10-29)15-22(36)27(40)35-21(14-20-8-11-34-26(20)39)23(37)16-42-30(31,32)33/h3-7,18,20-22,24H,8-17H2,1-2H3,(H,34,39)(H,35,40)/t20-,21-,22-,24+/m0/s1. The molecule has 1 aromatic rings. The number of alkyl halides is 3. The van der Waals surface area contributed by atoms with Crippen LogP contribution in [0.5, 0.6) is 0 Å². The van der Waals surface area contributed by atoms with E-state index in [1.165, 1.54) is 4.90 Å². The van der Waals surface area contributed by atoms with Crippen molar-refractivity contribution in [3.8, 4) is 0 Å². The van der Waals surface area contributed by atoms with Crippen LogP contribution in [-0.2, 0) is 39.9 Å². The topological polar surface area (TPSA) is 131 Å². The fraction of sp³-hybridized carbons (Fsp3) is 0.633. The Morgan fingerprint density at radius 3 is 2.42 bits per heavy atom. The highest BCUT2D eigenvalue weighted by Gasteiger charge is 2.56. The zero-order valence-electron chi connectivity index (χ0n) is 24.3. The first-order valence-electron chi connectivity index (χ1n) is 14.6. The Morgan fingerprint density at radius 2 is 1.84 bits per heavy atom. The third-order valence-corrected chi connectivity index (χ3v) is 8.24. The van der Waals surface area contributed by atoms with Crippen molar-refractivity contribution in [2.75, 3.05) is 19.7 Å². The van der Waals surface area contributed by atoms with Crippen LogP contribution in [0.2, 0.25) is 0 Å². The molecule has 0 radical (unpaired) electrons. The van der Waals surface area contributed by atoms with E-state index in [0.29, 0.717) is 19.4 Å². The summed E-state index contributed by atoms with van der Waals surface area (Å²) in [5, 5.41) is 5.14. The van der Waals surface area contributed by atoms with Gasteiger partial charge in [-0.1, -0.05) is 44.2 Å². The van der Waals surface area contributed by atoms with Crippen molar-refractivity contribution in [3.05, 3.63) is 35.9 Å². The molecule has 3 amide bonds. The summed E-state index contributed by atoms with van der Waals surface area (Å²) >= 11 is 0. The van der Waals surface area contributed by atoms with Crippen LogP contribution < -0.4 is 10.6 Å². The molecule has 10 nitrogen and oxygen atoms in total. The highest BCUT2D eigenvalue weighted by Crippen LogP contribution is 2.55. The lowest BCUT2D eigenvalue weighted by molar-refractivity contribution is -0.321. The molecule has 3 fully saturated rings. The second kappa shape index (κ2) is 13.4. The molecule has 2 heterocycles. The van der Waals surface area contributed by atoms with Gasteiger partial charge < -0.3 is 20.3 Å². The van der Waals surface area contributed by atoms with Crippen molar-refractivity contribution in [2.24, 2.45) is 17.3 Å². The minimum absolute atomic E-state index is 0.0172. The van der Waals surface area contributed by atoms with Gasteiger partial charge in [0, 0.05) is 19.0 Å². The van der Waals surface area contributed by atoms with Gasteiger partial charge in [-0.05, 0) is 55.4 Å². The molecule has 0 aromatic heterocycles. The summed E-state index contributed by atoms with van der Waals surface area (Å²) in [5.74, 6) is -3.90. The lowest BCUT2D eigenvalue weighted by Gasteiger charge is -2.30. The van der Waals surface area contributed by atoms with Gasteiger partial charge in [0.05, 0.1) is 12.5 Å². The van der Waals surface area contributed by atoms with Gasteiger partial charge >= 0.3 is 12.3 Å². The summed E-state index contributed by atoms with van der Waals surface area (Å²) in [4.78, 5) is 66.6. The Bertz CT molecular complexity index is 1200. The van der Waals surface area contributed by atoms with E-state index in [-0.39, 0.29) is 43.0 Å². The number of hydrogen-bond acceptors (Lipinski definition) is 7. The van der Waals surface area contributed by atoms with Crippen LogP contribution in [0.3, 0.4) is 0 Å². The van der Waals surface area contributed by atoms with Crippen molar-refractivity contribution >= 4 is 29.5 Å². The van der Waals surface area contributed by atoms with Gasteiger partial charge in [-0.3, -0.25) is 28.7 Å². The maximum atomic E-state index is 13.9. The Hall–Kier alpha value is -3.48. The third-order valence-electron chi connectivity index (χ3n) is 8.24. The Morgan fingerprint density at radius 1 is 1.14 bits per heavy atom. The quantitative estimate of drug-likeness (QED) is 0.329. The molecule has 4 atom stereocenters. The van der Waals surface area contributed by atoms with E-state index in [4.69, 9.17) is 4.74 Å². The number of halogens is 3. The number of ketones is 1. The summed E-state index contributed by atoms with van der Waals surface area (Å²) in [6.07, 6.45) is -3.96. The van der Waals surface area contributed by atoms with E-state index >= 15 is 0 Å². The Balaban J connectivity index is 1.49. The van der Waals surface area contributed by atoms with Crippen LogP contribution in [0.4, 0.5) is 13.2 Å². The second-order valence-electron chi connectivity index (χ2n) is 12.2. The first-order chi connectivity index (χ1) is 20.2. The maximum Gasteiger partial charge on any atom is 0.522 e. The first kappa shape index (κ1) is 32.4. The number of carbonyl (C=O) groups excluding carboxylic acids is 5. The van der Waals surface area contributed by atoms with Gasteiger partial charge in [-0.2, -0.15) is 0 Å². The smallest absolute Gasteiger partial charge is 0.452 e. The van der Waals surface area contributed by atoms with Crippen molar-refractivity contribution in [3.63, 3.8) is 0 Å². The van der Waals surface area contributed by atoms with E-state index in [1.54, 1.807) is 24.3 Å². The fourth-order valence-corrected chi connectivity index (χ4v) is 5.78. The number of benzene rings is 1. The largest absolute Gasteiger partial charge is 0.522 e. The fourth-order valence-electron chi connectivity index (χ4n) is 5.78. The predicted octanol–water partition coefficient (Wildman–Crippen LogP) is 2.68. The third kappa shape index (κ3) is 9.01. The van der Waals surface area contributed by atoms with Gasteiger partial charge in [0.25, 0.3) is 5.91 Å². The highest BCUT2D eigenvalue weighted by molar-refractivity contribution is 5.95. The summed E-state index contributed by atoms with van der Waals surface area (Å²) in [5.41, 5.74) is 0.443. The molecule has 43 heavy (non-hydrogen) atoms. The van der Waals surface area contributed by atoms with E-state index in [1.807, 2.05) is 19.9 Å². The number of esters is 1. The van der Waals surface area contributed by atoms with Gasteiger partial charge in [0.15, 0.2) is 11.9 Å². The molecule has 13 heteroatoms. The normalized spacial score (nSPS) is 22.3. The molecule has 2 saturated heterocycles. The lowest BCUT2D eigenvalue weighted by atomic mass is 9.95. The molecule has 1 aromatic carbocycles. The van der Waals surface area contributed by atoms with Crippen molar-refractivity contribution < 1.29 is 46.6 Å². The minimum atomic E-state index is -5.05. The number of hydrogen-bond donors (Lipinski definition) is 2. The van der Waals surface area contributed by atoms with Crippen LogP contribution in [-0.4, -0.2) is 78.6 Å². The molecule has 1 aliphatic carbocycles. The number of carbonyl (C=O) groups is 5. The average molecular weight is 610 g/mol. The molecular formula is C30H38F3N3O7. The molecule has 0 bridgehead atoms. The van der Waals surface area contributed by atoms with E-state index in [0.717, 1.165) is 18.4 Å². The number of amides is 3. The van der Waals surface area contributed by atoms with Gasteiger partial charge in [0.1, 0.15) is 12.6 Å². The number of rotatable bonds is 13. The molecule has 0 unspecified atom stereocenters. The van der Waals surface area contributed by atoms with Crippen LogP contribution in [0.1, 0.15) is 57.9 Å². The molecule has 1 spiro atoms. The van der Waals surface area contributed by atoms with E-state index in [2.05, 4.69) is 15.4 Å². The summed E-state index contributed by atoms with van der Waals surface area (Å²) in [6, 6.07) is 6.48. The van der Waals surface area contributed by atoms with Crippen molar-refractivity contribution in [2.45, 2.75) is 83.3 Å². The maximum absolute atomic E-state index is 13.9. The number of nitrogens with one attached hydrogen (secondary N) is 2. The molecule has 4 rings (SSSR count). The molecule has 2 aliphatic heterocycles. The molecule has 2 N–H and O–H groups in total. The summed E-state index contributed by atoms with van der Waals surface area (Å²) in [6.45, 7) is 3.04. The Labute approximate surface area is 248 Å². The molecular weight excluding hydrogens is 571 g/mol. The molecule has 1 saturated carbocycles. The zero-order valence-corrected chi connectivity index (χ0v) is 24.3. The number of Topliss-reactive ketones (excluding diaryl/α,β-unsaturated/α-hetero) is 1. The first-order valence-corrected chi connectivity index (χ1v) is 14.6. The number of ether oxygens (including phenoxy) is 2. The van der Waals surface area contributed by atoms with Crippen molar-refractivity contribution in [1.29, 1.82) is 0 Å². The number of likely N-dealkylation sites (tertiary alicyclic amines) is 1. The average Bonchev–Trinajstić information content (AvgIpc) is 3.40. The lowest BCUT2D eigenvalue weighted by Crippen LogP contribution is -2.54. The van der Waals surface area contributed by atoms with E-state index in [9.17, 15) is 37.1 Å². The summed E-state index contributed by atoms with van der Waals surface area (Å²) in [7, 11) is 0. The predicted molar refractivity (Wildman–Crippen MR) is 146 cm³/mol. The molecule has 236 valence electrons. The van der Waals surface area contributed by atoms with Crippen LogP contribution in [0.15, 0.2) is 30.3 Å². The summed E-state index contributed by atoms with van der Waals surface area (Å²) < 4.78 is 47.3. The van der Waals surface area contributed by atoms with Crippen LogP contribution >= 0.6 is 0 Å². The van der Waals surface area contributed by atoms with Gasteiger partial charge in [0.2, 0.25) is 11.8 Å². The van der Waals surface area contributed by atoms with Gasteiger partial charge in [-0.15, -0.1) is 13.2 Å². The van der Waals surface area contributed by atoms with Crippen LogP contribution in [0, 0.1) is 17.3 Å². The van der Waals surface area contributed by atoms with E-state index < -0.39 is 60.6 Å². The zero-order chi connectivity index (χ0) is 31.4. The Kier molecular flexibility index (Phi) is 10.1.